The second-order valence-electron chi connectivity index (χ2n) is 8.23. The van der Waals surface area contributed by atoms with E-state index in [0.29, 0.717) is 17.1 Å². The van der Waals surface area contributed by atoms with Gasteiger partial charge in [-0.1, -0.05) is 35.9 Å². The van der Waals surface area contributed by atoms with Crippen molar-refractivity contribution in [1.29, 1.82) is 0 Å². The first-order valence-corrected chi connectivity index (χ1v) is 12.9. The lowest BCUT2D eigenvalue weighted by Crippen LogP contribution is -2.39. The molecule has 0 aliphatic rings. The first kappa shape index (κ1) is 28.2. The van der Waals surface area contributed by atoms with Gasteiger partial charge in [-0.3, -0.25) is 9.10 Å². The van der Waals surface area contributed by atoms with Crippen LogP contribution in [-0.2, 0) is 24.3 Å². The van der Waals surface area contributed by atoms with Crippen LogP contribution in [0.1, 0.15) is 16.7 Å². The fourth-order valence-corrected chi connectivity index (χ4v) is 4.79. The number of carbonyl (C=O) groups is 2. The molecule has 0 saturated carbocycles. The third kappa shape index (κ3) is 7.32. The lowest BCUT2D eigenvalue weighted by Gasteiger charge is -2.25. The molecule has 0 bridgehead atoms. The first-order valence-electron chi connectivity index (χ1n) is 11.5. The maximum Gasteiger partial charge on any atom is 0.343 e. The summed E-state index contributed by atoms with van der Waals surface area (Å²) < 4.78 is 43.5. The second-order valence-corrected chi connectivity index (χ2v) is 10.1. The van der Waals surface area contributed by atoms with Crippen molar-refractivity contribution in [3.8, 4) is 11.5 Å². The van der Waals surface area contributed by atoms with E-state index in [9.17, 15) is 18.0 Å². The molecule has 0 unspecified atom stereocenters. The van der Waals surface area contributed by atoms with E-state index in [2.05, 4.69) is 15.3 Å². The van der Waals surface area contributed by atoms with Gasteiger partial charge >= 0.3 is 5.97 Å². The third-order valence-electron chi connectivity index (χ3n) is 5.34. The highest BCUT2D eigenvalue weighted by atomic mass is 32.2. The summed E-state index contributed by atoms with van der Waals surface area (Å²) in [4.78, 5) is 24.2. The average Bonchev–Trinajstić information content (AvgIpc) is 2.90. The van der Waals surface area contributed by atoms with Crippen LogP contribution in [0.3, 0.4) is 0 Å². The van der Waals surface area contributed by atoms with Gasteiger partial charge in [0.2, 0.25) is 0 Å². The summed E-state index contributed by atoms with van der Waals surface area (Å²) in [6.45, 7) is 2.87. The number of aryl methyl sites for hydroxylation is 2. The Bertz CT molecular complexity index is 1420. The number of nitrogens with zero attached hydrogens (tertiary/aromatic N) is 2. The van der Waals surface area contributed by atoms with Gasteiger partial charge < -0.3 is 14.2 Å². The number of esters is 1. The number of benzene rings is 3. The largest absolute Gasteiger partial charge is 0.495 e. The Morgan fingerprint density at radius 1 is 0.974 bits per heavy atom. The van der Waals surface area contributed by atoms with E-state index < -0.39 is 28.4 Å². The van der Waals surface area contributed by atoms with Crippen LogP contribution in [0.25, 0.3) is 0 Å². The fraction of sp³-hybridized carbons (Fsp3) is 0.222. The van der Waals surface area contributed by atoms with Gasteiger partial charge in [0.15, 0.2) is 6.61 Å². The third-order valence-corrected chi connectivity index (χ3v) is 7.12. The number of amides is 1. The van der Waals surface area contributed by atoms with E-state index in [-0.39, 0.29) is 17.2 Å². The van der Waals surface area contributed by atoms with Crippen molar-refractivity contribution < 1.29 is 32.2 Å². The molecule has 1 N–H and O–H groups in total. The van der Waals surface area contributed by atoms with Crippen molar-refractivity contribution in [3.63, 3.8) is 0 Å². The topological polar surface area (TPSA) is 124 Å². The van der Waals surface area contributed by atoms with Gasteiger partial charge in [0.25, 0.3) is 15.9 Å². The lowest BCUT2D eigenvalue weighted by atomic mass is 10.2. The normalized spacial score (nSPS) is 11.2. The molecule has 0 fully saturated rings. The molecule has 1 amide bonds. The minimum Gasteiger partial charge on any atom is -0.495 e. The van der Waals surface area contributed by atoms with Crippen LogP contribution >= 0.6 is 0 Å². The van der Waals surface area contributed by atoms with Crippen LogP contribution in [0.2, 0.25) is 0 Å². The van der Waals surface area contributed by atoms with Crippen LogP contribution in [0.15, 0.2) is 76.7 Å². The molecule has 0 aliphatic carbocycles. The second kappa shape index (κ2) is 12.7. The van der Waals surface area contributed by atoms with Gasteiger partial charge in [0.1, 0.15) is 18.0 Å². The van der Waals surface area contributed by atoms with Crippen LogP contribution < -0.4 is 19.2 Å². The summed E-state index contributed by atoms with van der Waals surface area (Å²) in [7, 11) is -1.44. The standard InChI is InChI=1S/C27H29N3O7S/c1-19-8-11-23(12-9-19)38(33,34)30(24-14-20(2)10-13-25(24)35-3)17-26(31)29-28-16-21-6-5-7-22(15-21)37-18-27(32)36-4/h5-16H,17-18H2,1-4H3,(H,29,31)/b28-16-. The fourth-order valence-electron chi connectivity index (χ4n) is 3.36. The number of anilines is 1. The van der Waals surface area contributed by atoms with E-state index in [4.69, 9.17) is 9.47 Å². The molecule has 0 atom stereocenters. The summed E-state index contributed by atoms with van der Waals surface area (Å²) in [5, 5.41) is 3.94. The Balaban J connectivity index is 1.82. The summed E-state index contributed by atoms with van der Waals surface area (Å²) in [5.41, 5.74) is 4.86. The predicted octanol–water partition coefficient (Wildman–Crippen LogP) is 3.21. The van der Waals surface area contributed by atoms with Crippen molar-refractivity contribution in [2.45, 2.75) is 18.7 Å². The van der Waals surface area contributed by atoms with Crippen LogP contribution in [-0.4, -0.2) is 53.9 Å². The molecule has 0 saturated heterocycles. The molecular weight excluding hydrogens is 510 g/mol. The molecule has 0 spiro atoms. The minimum atomic E-state index is -4.13. The number of methoxy groups -OCH3 is 2. The maximum absolute atomic E-state index is 13.6. The van der Waals surface area contributed by atoms with Gasteiger partial charge in [-0.2, -0.15) is 5.10 Å². The zero-order valence-electron chi connectivity index (χ0n) is 21.5. The molecule has 3 rings (SSSR count). The highest BCUT2D eigenvalue weighted by Crippen LogP contribution is 2.33. The number of hydrogen-bond acceptors (Lipinski definition) is 8. The maximum atomic E-state index is 13.6. The molecular formula is C27H29N3O7S. The average molecular weight is 540 g/mol. The van der Waals surface area contributed by atoms with Crippen molar-refractivity contribution in [2.75, 3.05) is 31.7 Å². The molecule has 10 nitrogen and oxygen atoms in total. The Morgan fingerprint density at radius 3 is 2.37 bits per heavy atom. The zero-order chi connectivity index (χ0) is 27.7. The van der Waals surface area contributed by atoms with E-state index in [0.717, 1.165) is 15.4 Å². The lowest BCUT2D eigenvalue weighted by molar-refractivity contribution is -0.142. The molecule has 38 heavy (non-hydrogen) atoms. The number of ether oxygens (including phenoxy) is 3. The molecule has 0 radical (unpaired) electrons. The van der Waals surface area contributed by atoms with E-state index >= 15 is 0 Å². The van der Waals surface area contributed by atoms with Crippen molar-refractivity contribution >= 4 is 33.8 Å². The van der Waals surface area contributed by atoms with E-state index in [1.165, 1.54) is 32.6 Å². The van der Waals surface area contributed by atoms with Gasteiger partial charge in [0.05, 0.1) is 31.0 Å². The molecule has 0 aliphatic heterocycles. The van der Waals surface area contributed by atoms with Crippen LogP contribution in [0.5, 0.6) is 11.5 Å². The molecule has 0 aromatic heterocycles. The monoisotopic (exact) mass is 539 g/mol. The SMILES string of the molecule is COC(=O)COc1cccc(/C=N\NC(=O)CN(c2cc(C)ccc2OC)S(=O)(=O)c2ccc(C)cc2)c1. The van der Waals surface area contributed by atoms with Crippen LogP contribution in [0, 0.1) is 13.8 Å². The van der Waals surface area contributed by atoms with Gasteiger partial charge in [-0.25, -0.2) is 18.6 Å². The number of hydrazone groups is 1. The zero-order valence-corrected chi connectivity index (χ0v) is 22.3. The molecule has 0 heterocycles. The van der Waals surface area contributed by atoms with E-state index in [1.54, 1.807) is 54.6 Å². The number of sulfonamides is 1. The molecule has 200 valence electrons. The number of nitrogens with one attached hydrogen (secondary N) is 1. The summed E-state index contributed by atoms with van der Waals surface area (Å²) in [5.74, 6) is -0.482. The number of carbonyl (C=O) groups excluding carboxylic acids is 2. The quantitative estimate of drug-likeness (QED) is 0.225. The minimum absolute atomic E-state index is 0.0340. The van der Waals surface area contributed by atoms with Gasteiger partial charge in [-0.05, 0) is 61.4 Å². The molecule has 3 aromatic rings. The number of rotatable bonds is 11. The summed E-state index contributed by atoms with van der Waals surface area (Å²) in [6.07, 6.45) is 1.37. The smallest absolute Gasteiger partial charge is 0.343 e. The highest BCUT2D eigenvalue weighted by Gasteiger charge is 2.29. The number of hydrogen-bond donors (Lipinski definition) is 1. The highest BCUT2D eigenvalue weighted by molar-refractivity contribution is 7.92. The van der Waals surface area contributed by atoms with Crippen molar-refractivity contribution in [1.82, 2.24) is 5.43 Å². The molecule has 3 aromatic carbocycles. The first-order chi connectivity index (χ1) is 18.1. The Morgan fingerprint density at radius 2 is 1.68 bits per heavy atom. The van der Waals surface area contributed by atoms with Gasteiger partial charge in [0, 0.05) is 0 Å². The Kier molecular flexibility index (Phi) is 9.44. The Labute approximate surface area is 221 Å². The Hall–Kier alpha value is -4.38. The van der Waals surface area contributed by atoms with Crippen LogP contribution in [0.4, 0.5) is 5.69 Å². The van der Waals surface area contributed by atoms with Crippen molar-refractivity contribution in [2.24, 2.45) is 5.10 Å². The van der Waals surface area contributed by atoms with E-state index in [1.807, 2.05) is 13.8 Å². The summed E-state index contributed by atoms with van der Waals surface area (Å²) >= 11 is 0. The summed E-state index contributed by atoms with van der Waals surface area (Å²) in [6, 6.07) is 18.1. The van der Waals surface area contributed by atoms with Gasteiger partial charge in [-0.15, -0.1) is 0 Å². The van der Waals surface area contributed by atoms with Crippen molar-refractivity contribution in [3.05, 3.63) is 83.4 Å². The molecule has 11 heteroatoms. The predicted molar refractivity (Wildman–Crippen MR) is 143 cm³/mol.